The average Bonchev–Trinajstić information content (AvgIpc) is 2.85. The number of hydrogen-bond donors (Lipinski definition) is 0. The standard InChI is InChI=1S/C10H9NO2S/c1-13-10(12)8-4-7-14-9(8)11-5-2-3-6-11/h2-7H,1H3. The van der Waals surface area contributed by atoms with Crippen molar-refractivity contribution in [2.45, 2.75) is 0 Å². The van der Waals surface area contributed by atoms with E-state index in [0.717, 1.165) is 5.00 Å². The van der Waals surface area contributed by atoms with Crippen LogP contribution in [0.2, 0.25) is 0 Å². The molecule has 0 atom stereocenters. The maximum absolute atomic E-state index is 11.4. The van der Waals surface area contributed by atoms with E-state index in [0.29, 0.717) is 5.56 Å². The molecule has 72 valence electrons. The summed E-state index contributed by atoms with van der Waals surface area (Å²) in [6.07, 6.45) is 3.80. The predicted molar refractivity (Wildman–Crippen MR) is 55.0 cm³/mol. The summed E-state index contributed by atoms with van der Waals surface area (Å²) in [7, 11) is 1.39. The molecule has 0 radical (unpaired) electrons. The number of esters is 1. The highest BCUT2D eigenvalue weighted by molar-refractivity contribution is 7.13. The highest BCUT2D eigenvalue weighted by Crippen LogP contribution is 2.22. The van der Waals surface area contributed by atoms with Crippen LogP contribution in [-0.4, -0.2) is 17.6 Å². The normalized spacial score (nSPS) is 10.1. The lowest BCUT2D eigenvalue weighted by Gasteiger charge is -2.02. The Morgan fingerprint density at radius 2 is 2.14 bits per heavy atom. The molecule has 0 aliphatic heterocycles. The fourth-order valence-electron chi connectivity index (χ4n) is 1.24. The molecule has 0 saturated heterocycles. The summed E-state index contributed by atoms with van der Waals surface area (Å²) in [6.45, 7) is 0. The van der Waals surface area contributed by atoms with E-state index in [1.165, 1.54) is 18.4 Å². The summed E-state index contributed by atoms with van der Waals surface area (Å²) < 4.78 is 6.59. The number of methoxy groups -OCH3 is 1. The minimum atomic E-state index is -0.296. The van der Waals surface area contributed by atoms with E-state index in [1.807, 2.05) is 34.5 Å². The lowest BCUT2D eigenvalue weighted by Crippen LogP contribution is -2.03. The quantitative estimate of drug-likeness (QED) is 0.708. The first-order chi connectivity index (χ1) is 6.83. The van der Waals surface area contributed by atoms with E-state index in [-0.39, 0.29) is 5.97 Å². The van der Waals surface area contributed by atoms with Gasteiger partial charge < -0.3 is 9.30 Å². The van der Waals surface area contributed by atoms with Gasteiger partial charge in [-0.1, -0.05) is 0 Å². The van der Waals surface area contributed by atoms with Crippen molar-refractivity contribution in [2.75, 3.05) is 7.11 Å². The zero-order chi connectivity index (χ0) is 9.97. The molecule has 0 aliphatic rings. The van der Waals surface area contributed by atoms with Gasteiger partial charge in [-0.25, -0.2) is 4.79 Å². The summed E-state index contributed by atoms with van der Waals surface area (Å²) in [5, 5.41) is 2.77. The highest BCUT2D eigenvalue weighted by Gasteiger charge is 2.13. The number of carbonyl (C=O) groups excluding carboxylic acids is 1. The van der Waals surface area contributed by atoms with Crippen LogP contribution < -0.4 is 0 Å². The van der Waals surface area contributed by atoms with Gasteiger partial charge in [0.1, 0.15) is 5.00 Å². The minimum absolute atomic E-state index is 0.296. The molecule has 0 spiro atoms. The first-order valence-electron chi connectivity index (χ1n) is 4.12. The van der Waals surface area contributed by atoms with Gasteiger partial charge in [-0.05, 0) is 23.6 Å². The van der Waals surface area contributed by atoms with Gasteiger partial charge in [0.25, 0.3) is 0 Å². The number of nitrogens with zero attached hydrogens (tertiary/aromatic N) is 1. The first kappa shape index (κ1) is 9.02. The number of ether oxygens (including phenoxy) is 1. The van der Waals surface area contributed by atoms with Crippen molar-refractivity contribution in [3.63, 3.8) is 0 Å². The molecule has 0 saturated carbocycles. The molecule has 2 rings (SSSR count). The Balaban J connectivity index is 2.45. The first-order valence-corrected chi connectivity index (χ1v) is 5.00. The lowest BCUT2D eigenvalue weighted by molar-refractivity contribution is 0.0601. The molecule has 2 aromatic rings. The summed E-state index contributed by atoms with van der Waals surface area (Å²) >= 11 is 1.51. The topological polar surface area (TPSA) is 31.2 Å². The molecule has 0 fully saturated rings. The van der Waals surface area contributed by atoms with Crippen molar-refractivity contribution in [1.82, 2.24) is 4.57 Å². The third-order valence-corrected chi connectivity index (χ3v) is 2.82. The van der Waals surface area contributed by atoms with Gasteiger partial charge in [0.15, 0.2) is 0 Å². The zero-order valence-electron chi connectivity index (χ0n) is 7.64. The molecule has 4 heteroatoms. The van der Waals surface area contributed by atoms with Crippen LogP contribution in [0.3, 0.4) is 0 Å². The van der Waals surface area contributed by atoms with Crippen molar-refractivity contribution in [3.8, 4) is 5.00 Å². The molecule has 0 unspecified atom stereocenters. The van der Waals surface area contributed by atoms with E-state index >= 15 is 0 Å². The summed E-state index contributed by atoms with van der Waals surface area (Å²) in [6, 6.07) is 5.60. The number of hydrogen-bond acceptors (Lipinski definition) is 3. The molecule has 0 amide bonds. The maximum Gasteiger partial charge on any atom is 0.340 e. The Labute approximate surface area is 85.6 Å². The molecule has 0 bridgehead atoms. The van der Waals surface area contributed by atoms with Crippen molar-refractivity contribution in [1.29, 1.82) is 0 Å². The largest absolute Gasteiger partial charge is 0.465 e. The van der Waals surface area contributed by atoms with Crippen LogP contribution in [0.25, 0.3) is 5.00 Å². The highest BCUT2D eigenvalue weighted by atomic mass is 32.1. The summed E-state index contributed by atoms with van der Waals surface area (Å²) in [5.41, 5.74) is 0.605. The van der Waals surface area contributed by atoms with Gasteiger partial charge >= 0.3 is 5.97 Å². The molecule has 0 aromatic carbocycles. The van der Waals surface area contributed by atoms with Crippen LogP contribution in [0.4, 0.5) is 0 Å². The van der Waals surface area contributed by atoms with Gasteiger partial charge in [0.05, 0.1) is 12.7 Å². The molecule has 0 aliphatic carbocycles. The van der Waals surface area contributed by atoms with Crippen LogP contribution >= 0.6 is 11.3 Å². The zero-order valence-corrected chi connectivity index (χ0v) is 8.45. The average molecular weight is 207 g/mol. The molecule has 0 N–H and O–H groups in total. The van der Waals surface area contributed by atoms with E-state index in [1.54, 1.807) is 6.07 Å². The van der Waals surface area contributed by atoms with E-state index in [2.05, 4.69) is 4.74 Å². The third-order valence-electron chi connectivity index (χ3n) is 1.89. The number of thiophene rings is 1. The number of carbonyl (C=O) groups is 1. The fraction of sp³-hybridized carbons (Fsp3) is 0.100. The SMILES string of the molecule is COC(=O)c1ccsc1-n1cccc1. The second kappa shape index (κ2) is 3.67. The Kier molecular flexibility index (Phi) is 2.37. The van der Waals surface area contributed by atoms with Gasteiger partial charge in [0.2, 0.25) is 0 Å². The van der Waals surface area contributed by atoms with Gasteiger partial charge in [-0.15, -0.1) is 11.3 Å². The van der Waals surface area contributed by atoms with Gasteiger partial charge in [0, 0.05) is 12.4 Å². The van der Waals surface area contributed by atoms with Crippen LogP contribution in [0.15, 0.2) is 36.0 Å². The van der Waals surface area contributed by atoms with Crippen LogP contribution in [0.1, 0.15) is 10.4 Å². The lowest BCUT2D eigenvalue weighted by atomic mass is 10.3. The Morgan fingerprint density at radius 1 is 1.43 bits per heavy atom. The summed E-state index contributed by atoms with van der Waals surface area (Å²) in [4.78, 5) is 11.4. The van der Waals surface area contributed by atoms with E-state index in [4.69, 9.17) is 0 Å². The second-order valence-corrected chi connectivity index (χ2v) is 3.62. The Morgan fingerprint density at radius 3 is 2.79 bits per heavy atom. The van der Waals surface area contributed by atoms with Crippen LogP contribution in [0, 0.1) is 0 Å². The van der Waals surface area contributed by atoms with E-state index < -0.39 is 0 Å². The van der Waals surface area contributed by atoms with Gasteiger partial charge in [-0.3, -0.25) is 0 Å². The second-order valence-electron chi connectivity index (χ2n) is 2.72. The third kappa shape index (κ3) is 1.44. The predicted octanol–water partition coefficient (Wildman–Crippen LogP) is 2.33. The summed E-state index contributed by atoms with van der Waals surface area (Å²) in [5.74, 6) is -0.296. The minimum Gasteiger partial charge on any atom is -0.465 e. The number of aromatic nitrogens is 1. The fourth-order valence-corrected chi connectivity index (χ4v) is 2.09. The molecule has 2 aromatic heterocycles. The Hall–Kier alpha value is -1.55. The molecule has 3 nitrogen and oxygen atoms in total. The van der Waals surface area contributed by atoms with Crippen LogP contribution in [-0.2, 0) is 4.74 Å². The van der Waals surface area contributed by atoms with Crippen molar-refractivity contribution >= 4 is 17.3 Å². The maximum atomic E-state index is 11.4. The van der Waals surface area contributed by atoms with Crippen molar-refractivity contribution in [2.24, 2.45) is 0 Å². The molecular formula is C10H9NO2S. The van der Waals surface area contributed by atoms with Gasteiger partial charge in [-0.2, -0.15) is 0 Å². The molecule has 14 heavy (non-hydrogen) atoms. The van der Waals surface area contributed by atoms with Crippen molar-refractivity contribution in [3.05, 3.63) is 41.5 Å². The van der Waals surface area contributed by atoms with E-state index in [9.17, 15) is 4.79 Å². The molecule has 2 heterocycles. The van der Waals surface area contributed by atoms with Crippen LogP contribution in [0.5, 0.6) is 0 Å². The monoisotopic (exact) mass is 207 g/mol. The Bertz CT molecular complexity index is 431. The number of rotatable bonds is 2. The smallest absolute Gasteiger partial charge is 0.340 e. The molecular weight excluding hydrogens is 198 g/mol. The van der Waals surface area contributed by atoms with Crippen molar-refractivity contribution < 1.29 is 9.53 Å².